The minimum absolute atomic E-state index is 0.209. The third-order valence-electron chi connectivity index (χ3n) is 6.79. The molecule has 0 N–H and O–H groups in total. The first-order valence-electron chi connectivity index (χ1n) is 13.7. The average Bonchev–Trinajstić information content (AvgIpc) is 3.05. The van der Waals surface area contributed by atoms with Gasteiger partial charge in [-0.1, -0.05) is 36.4 Å². The topological polar surface area (TPSA) is 100 Å². The maximum Gasteiger partial charge on any atom is 0.307 e. The molecule has 0 saturated carbocycles. The van der Waals surface area contributed by atoms with E-state index < -0.39 is 30.6 Å². The first-order chi connectivity index (χ1) is 20.9. The van der Waals surface area contributed by atoms with Gasteiger partial charge in [0, 0.05) is 14.0 Å². The number of esters is 1. The average molecular weight is 595 g/mol. The molecule has 0 aromatic heterocycles. The van der Waals surface area contributed by atoms with Crippen LogP contribution < -0.4 is 14.2 Å². The number of benzene rings is 3. The maximum atomic E-state index is 11.7. The largest absolute Gasteiger partial charge is 0.497 e. The van der Waals surface area contributed by atoms with Crippen LogP contribution in [0.4, 0.5) is 0 Å². The first-order valence-corrected chi connectivity index (χ1v) is 13.7. The van der Waals surface area contributed by atoms with Crippen molar-refractivity contribution in [3.05, 3.63) is 102 Å². The summed E-state index contributed by atoms with van der Waals surface area (Å²) in [5, 5.41) is 0. The molecule has 10 heteroatoms. The van der Waals surface area contributed by atoms with Gasteiger partial charge in [0.15, 0.2) is 5.76 Å². The van der Waals surface area contributed by atoms with Crippen LogP contribution in [0.15, 0.2) is 84.8 Å². The fraction of sp³-hybridized carbons (Fsp3) is 0.364. The summed E-state index contributed by atoms with van der Waals surface area (Å²) in [6.45, 7) is 1.99. The van der Waals surface area contributed by atoms with E-state index in [4.69, 9.17) is 42.6 Å². The van der Waals surface area contributed by atoms with Crippen LogP contribution in [0.3, 0.4) is 0 Å². The Balaban J connectivity index is 1.63. The zero-order valence-electron chi connectivity index (χ0n) is 25.0. The van der Waals surface area contributed by atoms with Crippen LogP contribution in [0.5, 0.6) is 17.2 Å². The molecule has 230 valence electrons. The minimum atomic E-state index is -0.887. The summed E-state index contributed by atoms with van der Waals surface area (Å²) in [6.07, 6.45) is -1.91. The summed E-state index contributed by atoms with van der Waals surface area (Å²) >= 11 is 0. The molecular formula is C33H38O10. The molecule has 4 atom stereocenters. The summed E-state index contributed by atoms with van der Waals surface area (Å²) in [6, 6.07) is 22.6. The van der Waals surface area contributed by atoms with Crippen molar-refractivity contribution in [3.8, 4) is 17.2 Å². The molecule has 0 aliphatic carbocycles. The number of ether oxygens (including phenoxy) is 9. The Morgan fingerprint density at radius 2 is 1.07 bits per heavy atom. The van der Waals surface area contributed by atoms with E-state index in [-0.39, 0.29) is 25.6 Å². The molecule has 4 rings (SSSR count). The van der Waals surface area contributed by atoms with Crippen molar-refractivity contribution < 1.29 is 47.4 Å². The zero-order valence-corrected chi connectivity index (χ0v) is 25.0. The highest BCUT2D eigenvalue weighted by Crippen LogP contribution is 2.33. The van der Waals surface area contributed by atoms with Crippen LogP contribution in [0.1, 0.15) is 23.6 Å². The van der Waals surface area contributed by atoms with E-state index in [2.05, 4.69) is 0 Å². The molecule has 3 aromatic carbocycles. The zero-order chi connectivity index (χ0) is 30.6. The molecule has 1 aliphatic heterocycles. The van der Waals surface area contributed by atoms with Gasteiger partial charge in [0.1, 0.15) is 41.8 Å². The van der Waals surface area contributed by atoms with Gasteiger partial charge >= 0.3 is 5.97 Å². The smallest absolute Gasteiger partial charge is 0.307 e. The lowest BCUT2D eigenvalue weighted by molar-refractivity contribution is -0.271. The van der Waals surface area contributed by atoms with E-state index in [1.165, 1.54) is 20.3 Å². The van der Waals surface area contributed by atoms with Crippen molar-refractivity contribution in [2.24, 2.45) is 0 Å². The van der Waals surface area contributed by atoms with E-state index in [1.807, 2.05) is 72.8 Å². The molecule has 3 aromatic rings. The molecule has 0 radical (unpaired) electrons. The van der Waals surface area contributed by atoms with Crippen LogP contribution >= 0.6 is 0 Å². The van der Waals surface area contributed by atoms with Crippen LogP contribution in [0.25, 0.3) is 0 Å². The van der Waals surface area contributed by atoms with E-state index >= 15 is 0 Å². The quantitative estimate of drug-likeness (QED) is 0.183. The highest BCUT2D eigenvalue weighted by molar-refractivity contribution is 5.66. The van der Waals surface area contributed by atoms with Crippen LogP contribution in [0, 0.1) is 0 Å². The Kier molecular flexibility index (Phi) is 11.8. The molecular weight excluding hydrogens is 556 g/mol. The molecule has 10 nitrogen and oxygen atoms in total. The summed E-state index contributed by atoms with van der Waals surface area (Å²) in [5.74, 6) is 1.94. The van der Waals surface area contributed by atoms with Crippen molar-refractivity contribution >= 4 is 5.97 Å². The number of carbonyl (C=O) groups is 1. The van der Waals surface area contributed by atoms with E-state index in [0.29, 0.717) is 0 Å². The number of hydrogen-bond donors (Lipinski definition) is 0. The van der Waals surface area contributed by atoms with E-state index in [1.54, 1.807) is 21.3 Å². The molecule has 0 unspecified atom stereocenters. The maximum absolute atomic E-state index is 11.7. The lowest BCUT2D eigenvalue weighted by atomic mass is 10.0. The van der Waals surface area contributed by atoms with Gasteiger partial charge in [-0.25, -0.2) is 0 Å². The Morgan fingerprint density at radius 1 is 0.651 bits per heavy atom. The Bertz CT molecular complexity index is 1310. The highest BCUT2D eigenvalue weighted by atomic mass is 16.7. The van der Waals surface area contributed by atoms with Crippen LogP contribution in [-0.2, 0) is 53.0 Å². The molecule has 1 fully saturated rings. The Labute approximate surface area is 252 Å². The molecule has 0 spiro atoms. The molecule has 1 saturated heterocycles. The molecule has 1 aliphatic rings. The summed E-state index contributed by atoms with van der Waals surface area (Å²) in [5.41, 5.74) is 2.72. The fourth-order valence-electron chi connectivity index (χ4n) is 4.44. The monoisotopic (exact) mass is 594 g/mol. The fourth-order valence-corrected chi connectivity index (χ4v) is 4.44. The van der Waals surface area contributed by atoms with Crippen LogP contribution in [0.2, 0.25) is 0 Å². The summed E-state index contributed by atoms with van der Waals surface area (Å²) in [7, 11) is 6.35. The van der Waals surface area contributed by atoms with Gasteiger partial charge in [0.25, 0.3) is 0 Å². The number of hydrogen-bond acceptors (Lipinski definition) is 10. The minimum Gasteiger partial charge on any atom is -0.497 e. The van der Waals surface area contributed by atoms with E-state index in [0.717, 1.165) is 33.9 Å². The summed E-state index contributed by atoms with van der Waals surface area (Å²) in [4.78, 5) is 11.7. The van der Waals surface area contributed by atoms with Crippen molar-refractivity contribution in [1.82, 2.24) is 0 Å². The molecule has 0 bridgehead atoms. The third kappa shape index (κ3) is 8.95. The van der Waals surface area contributed by atoms with Gasteiger partial charge in [-0.2, -0.15) is 0 Å². The van der Waals surface area contributed by atoms with Gasteiger partial charge in [0.2, 0.25) is 6.29 Å². The predicted molar refractivity (Wildman–Crippen MR) is 156 cm³/mol. The normalized spacial score (nSPS) is 20.7. The predicted octanol–water partition coefficient (Wildman–Crippen LogP) is 5.18. The van der Waals surface area contributed by atoms with Crippen molar-refractivity contribution in [3.63, 3.8) is 0 Å². The number of methoxy groups -OCH3 is 4. The Morgan fingerprint density at radius 3 is 1.47 bits per heavy atom. The third-order valence-corrected chi connectivity index (χ3v) is 6.79. The van der Waals surface area contributed by atoms with Gasteiger partial charge in [0.05, 0.1) is 41.2 Å². The lowest BCUT2D eigenvalue weighted by Gasteiger charge is -2.42. The second kappa shape index (κ2) is 15.9. The molecule has 43 heavy (non-hydrogen) atoms. The van der Waals surface area contributed by atoms with Crippen LogP contribution in [-0.4, -0.2) is 59.0 Å². The Hall–Kier alpha value is -4.09. The van der Waals surface area contributed by atoms with Gasteiger partial charge in [-0.05, 0) is 53.1 Å². The second-order valence-corrected chi connectivity index (χ2v) is 9.68. The van der Waals surface area contributed by atoms with Gasteiger partial charge in [-0.3, -0.25) is 4.79 Å². The molecule has 0 amide bonds. The lowest BCUT2D eigenvalue weighted by Crippen LogP contribution is -2.55. The van der Waals surface area contributed by atoms with Crippen molar-refractivity contribution in [2.75, 3.05) is 28.4 Å². The van der Waals surface area contributed by atoms with Crippen molar-refractivity contribution in [2.45, 2.75) is 51.3 Å². The second-order valence-electron chi connectivity index (χ2n) is 9.68. The SMILES string of the molecule is COc1ccc(CO[C@@H]2[C@@H](OCc3ccc(OC)cc3)[C@@H](OC)O/C(=C\OC(C)=O)[C@H]2OCc2ccc(OC)cc2)cc1. The van der Waals surface area contributed by atoms with Crippen molar-refractivity contribution in [1.29, 1.82) is 0 Å². The van der Waals surface area contributed by atoms with E-state index in [9.17, 15) is 4.79 Å². The number of carbonyl (C=O) groups excluding carboxylic acids is 1. The standard InChI is InChI=1S/C33H38O10/c1-22(34)39-21-29-30(40-18-23-6-12-26(35-2)13-7-23)31(41-19-24-8-14-27(36-3)15-9-24)32(33(38-5)43-29)42-20-25-10-16-28(37-4)17-11-25/h6-17,21,30-33H,18-20H2,1-5H3/b29-21-/t30-,31+,32-,33+/m1/s1. The first kappa shape index (κ1) is 31.8. The van der Waals surface area contributed by atoms with Gasteiger partial charge in [-0.15, -0.1) is 0 Å². The molecule has 1 heterocycles. The summed E-state index contributed by atoms with van der Waals surface area (Å²) < 4.78 is 52.2. The highest BCUT2D eigenvalue weighted by Gasteiger charge is 2.47. The van der Waals surface area contributed by atoms with Gasteiger partial charge < -0.3 is 42.6 Å². The number of rotatable bonds is 14.